The molecule has 1 aromatic heterocycles. The van der Waals surface area contributed by atoms with Crippen LogP contribution in [0.25, 0.3) is 0 Å². The molecule has 1 rings (SSSR count). The van der Waals surface area contributed by atoms with Gasteiger partial charge in [-0.1, -0.05) is 6.92 Å². The van der Waals surface area contributed by atoms with Crippen LogP contribution < -0.4 is 0 Å². The highest BCUT2D eigenvalue weighted by atomic mass is 32.2. The smallest absolute Gasteiger partial charge is 0.345 e. The van der Waals surface area contributed by atoms with Gasteiger partial charge in [0.15, 0.2) is 0 Å². The summed E-state index contributed by atoms with van der Waals surface area (Å²) in [6.07, 6.45) is 0. The van der Waals surface area contributed by atoms with E-state index in [0.717, 1.165) is 0 Å². The van der Waals surface area contributed by atoms with Crippen molar-refractivity contribution in [2.75, 3.05) is 13.1 Å². The summed E-state index contributed by atoms with van der Waals surface area (Å²) in [5.41, 5.74) is 0. The van der Waals surface area contributed by atoms with E-state index in [4.69, 9.17) is 10.4 Å². The van der Waals surface area contributed by atoms with Crippen molar-refractivity contribution in [1.82, 2.24) is 4.31 Å². The Kier molecular flexibility index (Phi) is 5.05. The number of aromatic carboxylic acids is 1. The maximum atomic E-state index is 12.3. The number of thiophene rings is 1. The lowest BCUT2D eigenvalue weighted by Crippen LogP contribution is -2.33. The van der Waals surface area contributed by atoms with Gasteiger partial charge in [-0.25, -0.2) is 13.2 Å². The van der Waals surface area contributed by atoms with E-state index in [9.17, 15) is 13.2 Å². The normalized spacial score (nSPS) is 13.2. The summed E-state index contributed by atoms with van der Waals surface area (Å²) in [6.45, 7) is 3.63. The van der Waals surface area contributed by atoms with Gasteiger partial charge in [-0.3, -0.25) is 0 Å². The van der Waals surface area contributed by atoms with Crippen molar-refractivity contribution in [2.24, 2.45) is 5.92 Å². The molecule has 6 nitrogen and oxygen atoms in total. The molecule has 104 valence electrons. The molecular weight excluding hydrogens is 288 g/mol. The van der Waals surface area contributed by atoms with Crippen molar-refractivity contribution >= 4 is 27.3 Å². The SMILES string of the molecule is CCN(CC(C)C#N)S(=O)(=O)c1ccc(C(=O)O)s1. The molecule has 0 radical (unpaired) electrons. The standard InChI is InChI=1S/C11H14N2O4S2/c1-3-13(7-8(2)6-12)19(16,17)10-5-4-9(18-10)11(14)15/h4-5,8H,3,7H2,1-2H3,(H,14,15). The Labute approximate surface area is 115 Å². The van der Waals surface area contributed by atoms with E-state index in [0.29, 0.717) is 11.3 Å². The maximum Gasteiger partial charge on any atom is 0.345 e. The molecule has 8 heteroatoms. The molecule has 0 saturated carbocycles. The molecule has 0 saturated heterocycles. The number of hydrogen-bond donors (Lipinski definition) is 1. The minimum absolute atomic E-state index is 0.0168. The number of nitrogens with zero attached hydrogens (tertiary/aromatic N) is 2. The maximum absolute atomic E-state index is 12.3. The van der Waals surface area contributed by atoms with E-state index in [1.165, 1.54) is 16.4 Å². The van der Waals surface area contributed by atoms with Gasteiger partial charge in [0.2, 0.25) is 0 Å². The van der Waals surface area contributed by atoms with Crippen LogP contribution >= 0.6 is 11.3 Å². The zero-order chi connectivity index (χ0) is 14.6. The summed E-state index contributed by atoms with van der Waals surface area (Å²) in [4.78, 5) is 10.7. The highest BCUT2D eigenvalue weighted by molar-refractivity contribution is 7.91. The molecule has 1 N–H and O–H groups in total. The first kappa shape index (κ1) is 15.6. The third kappa shape index (κ3) is 3.53. The van der Waals surface area contributed by atoms with Crippen LogP contribution in [0.15, 0.2) is 16.3 Å². The van der Waals surface area contributed by atoms with Crippen molar-refractivity contribution in [3.63, 3.8) is 0 Å². The second-order valence-electron chi connectivity index (χ2n) is 3.91. The molecule has 0 aliphatic heterocycles. The van der Waals surface area contributed by atoms with Gasteiger partial charge in [-0.15, -0.1) is 11.3 Å². The second kappa shape index (κ2) is 6.14. The van der Waals surface area contributed by atoms with Crippen LogP contribution in [-0.4, -0.2) is 36.9 Å². The van der Waals surface area contributed by atoms with Gasteiger partial charge in [0.1, 0.15) is 9.09 Å². The molecule has 0 aliphatic carbocycles. The summed E-state index contributed by atoms with van der Waals surface area (Å²) in [6, 6.07) is 4.53. The van der Waals surface area contributed by atoms with Gasteiger partial charge in [-0.05, 0) is 19.1 Å². The zero-order valence-corrected chi connectivity index (χ0v) is 12.2. The molecule has 1 atom stereocenters. The average Bonchev–Trinajstić information content (AvgIpc) is 2.85. The second-order valence-corrected chi connectivity index (χ2v) is 7.16. The van der Waals surface area contributed by atoms with Crippen molar-refractivity contribution in [3.05, 3.63) is 17.0 Å². The Morgan fingerprint density at radius 3 is 2.63 bits per heavy atom. The number of nitriles is 1. The van der Waals surface area contributed by atoms with E-state index in [1.54, 1.807) is 13.8 Å². The van der Waals surface area contributed by atoms with Crippen LogP contribution in [-0.2, 0) is 10.0 Å². The third-order valence-corrected chi connectivity index (χ3v) is 5.92. The average molecular weight is 302 g/mol. The zero-order valence-electron chi connectivity index (χ0n) is 10.5. The Bertz CT molecular complexity index is 600. The Balaban J connectivity index is 3.06. The number of carbonyl (C=O) groups is 1. The Morgan fingerprint density at radius 1 is 1.58 bits per heavy atom. The van der Waals surface area contributed by atoms with Gasteiger partial charge < -0.3 is 5.11 Å². The molecular formula is C11H14N2O4S2. The summed E-state index contributed by atoms with van der Waals surface area (Å²) in [5.74, 6) is -1.58. The van der Waals surface area contributed by atoms with Crippen LogP contribution in [0.1, 0.15) is 23.5 Å². The summed E-state index contributed by atoms with van der Waals surface area (Å²) in [5, 5.41) is 17.5. The lowest BCUT2D eigenvalue weighted by Gasteiger charge is -2.20. The monoisotopic (exact) mass is 302 g/mol. The Hall–Kier alpha value is -1.43. The van der Waals surface area contributed by atoms with E-state index in [-0.39, 0.29) is 22.2 Å². The largest absolute Gasteiger partial charge is 0.477 e. The molecule has 0 spiro atoms. The van der Waals surface area contributed by atoms with Gasteiger partial charge >= 0.3 is 5.97 Å². The number of sulfonamides is 1. The van der Waals surface area contributed by atoms with E-state index >= 15 is 0 Å². The van der Waals surface area contributed by atoms with Crippen LogP contribution in [0, 0.1) is 17.2 Å². The van der Waals surface area contributed by atoms with Crippen molar-refractivity contribution in [1.29, 1.82) is 5.26 Å². The number of carboxylic acids is 1. The van der Waals surface area contributed by atoms with Crippen LogP contribution in [0.4, 0.5) is 0 Å². The van der Waals surface area contributed by atoms with Crippen molar-refractivity contribution < 1.29 is 18.3 Å². The molecule has 0 aliphatic rings. The summed E-state index contributed by atoms with van der Waals surface area (Å²) >= 11 is 0.714. The molecule has 1 unspecified atom stereocenters. The summed E-state index contributed by atoms with van der Waals surface area (Å²) in [7, 11) is -3.73. The lowest BCUT2D eigenvalue weighted by molar-refractivity contribution is 0.0702. The molecule has 19 heavy (non-hydrogen) atoms. The van der Waals surface area contributed by atoms with Gasteiger partial charge in [0.25, 0.3) is 10.0 Å². The topological polar surface area (TPSA) is 98.5 Å². The minimum atomic E-state index is -3.73. The molecule has 0 amide bonds. The van der Waals surface area contributed by atoms with E-state index in [1.807, 2.05) is 6.07 Å². The fraction of sp³-hybridized carbons (Fsp3) is 0.455. The first-order chi connectivity index (χ1) is 8.82. The fourth-order valence-corrected chi connectivity index (χ4v) is 4.28. The first-order valence-corrected chi connectivity index (χ1v) is 7.81. The van der Waals surface area contributed by atoms with Crippen molar-refractivity contribution in [3.8, 4) is 6.07 Å². The highest BCUT2D eigenvalue weighted by Gasteiger charge is 2.27. The fourth-order valence-electron chi connectivity index (χ4n) is 1.44. The molecule has 1 aromatic rings. The predicted octanol–water partition coefficient (Wildman–Crippen LogP) is 1.62. The molecule has 1 heterocycles. The van der Waals surface area contributed by atoms with Gasteiger partial charge in [0.05, 0.1) is 12.0 Å². The number of carboxylic acid groups (broad SMARTS) is 1. The van der Waals surface area contributed by atoms with Crippen LogP contribution in [0.3, 0.4) is 0 Å². The third-order valence-electron chi connectivity index (χ3n) is 2.44. The van der Waals surface area contributed by atoms with Gasteiger partial charge in [-0.2, -0.15) is 9.57 Å². The first-order valence-electron chi connectivity index (χ1n) is 5.55. The van der Waals surface area contributed by atoms with E-state index in [2.05, 4.69) is 0 Å². The van der Waals surface area contributed by atoms with Gasteiger partial charge in [0, 0.05) is 13.1 Å². The lowest BCUT2D eigenvalue weighted by atomic mass is 10.2. The molecule has 0 aromatic carbocycles. The van der Waals surface area contributed by atoms with Crippen LogP contribution in [0.5, 0.6) is 0 Å². The van der Waals surface area contributed by atoms with E-state index < -0.39 is 21.9 Å². The molecule has 0 fully saturated rings. The molecule has 0 bridgehead atoms. The minimum Gasteiger partial charge on any atom is -0.477 e. The van der Waals surface area contributed by atoms with Crippen LogP contribution in [0.2, 0.25) is 0 Å². The quantitative estimate of drug-likeness (QED) is 0.861. The summed E-state index contributed by atoms with van der Waals surface area (Å²) < 4.78 is 25.7. The highest BCUT2D eigenvalue weighted by Crippen LogP contribution is 2.25. The number of rotatable bonds is 6. The Morgan fingerprint density at radius 2 is 2.21 bits per heavy atom. The number of hydrogen-bond acceptors (Lipinski definition) is 5. The van der Waals surface area contributed by atoms with Crippen molar-refractivity contribution in [2.45, 2.75) is 18.1 Å². The predicted molar refractivity (Wildman–Crippen MR) is 70.5 cm³/mol.